The Kier molecular flexibility index (Phi) is 8.90. The summed E-state index contributed by atoms with van der Waals surface area (Å²) >= 11 is 0.823. The molecule has 31 heavy (non-hydrogen) atoms. The summed E-state index contributed by atoms with van der Waals surface area (Å²) in [7, 11) is -4.69. The van der Waals surface area contributed by atoms with Gasteiger partial charge in [0.05, 0.1) is 18.7 Å². The number of nitrogens with one attached hydrogen (secondary N) is 1. The van der Waals surface area contributed by atoms with Crippen LogP contribution in [-0.2, 0) is 20.4 Å². The summed E-state index contributed by atoms with van der Waals surface area (Å²) in [6.07, 6.45) is 1.83. The number of benzene rings is 1. The van der Waals surface area contributed by atoms with E-state index in [-0.39, 0.29) is 30.3 Å². The summed E-state index contributed by atoms with van der Waals surface area (Å²) in [4.78, 5) is 62.5. The molecule has 166 valence electrons. The van der Waals surface area contributed by atoms with Gasteiger partial charge in [-0.3, -0.25) is 18.9 Å². The molecule has 2 rings (SSSR count). The number of carbonyl (C=O) groups is 2. The van der Waals surface area contributed by atoms with Gasteiger partial charge in [0.25, 0.3) is 5.56 Å². The van der Waals surface area contributed by atoms with Crippen molar-refractivity contribution in [3.05, 3.63) is 74.4 Å². The van der Waals surface area contributed by atoms with Crippen LogP contribution in [0.25, 0.3) is 0 Å². The molecule has 0 unspecified atom stereocenters. The molecule has 1 amide bonds. The number of thioether (sulfide) groups is 1. The van der Waals surface area contributed by atoms with Crippen LogP contribution >= 0.6 is 19.6 Å². The minimum absolute atomic E-state index is 0.0347. The number of allylic oxidation sites excluding steroid dienone is 1. The van der Waals surface area contributed by atoms with Crippen molar-refractivity contribution >= 4 is 31.1 Å². The minimum Gasteiger partial charge on any atom is -0.314 e. The Labute approximate surface area is 182 Å². The van der Waals surface area contributed by atoms with E-state index in [2.05, 4.69) is 14.5 Å². The highest BCUT2D eigenvalue weighted by Crippen LogP contribution is 2.37. The molecule has 0 saturated carbocycles. The molecule has 0 spiro atoms. The quantitative estimate of drug-likeness (QED) is 0.353. The molecule has 0 aliphatic carbocycles. The fraction of sp³-hybridized carbons (Fsp3) is 0.263. The summed E-state index contributed by atoms with van der Waals surface area (Å²) in [5.41, 5.74) is 0.609. The van der Waals surface area contributed by atoms with Gasteiger partial charge in [-0.1, -0.05) is 30.3 Å². The molecule has 10 nitrogen and oxygen atoms in total. The van der Waals surface area contributed by atoms with Gasteiger partial charge in [0.15, 0.2) is 0 Å². The van der Waals surface area contributed by atoms with Crippen LogP contribution in [0.15, 0.2) is 51.9 Å². The van der Waals surface area contributed by atoms with Crippen LogP contribution in [0.5, 0.6) is 0 Å². The van der Waals surface area contributed by atoms with E-state index in [1.165, 1.54) is 11.1 Å². The second-order valence-electron chi connectivity index (χ2n) is 6.39. The molecule has 2 aromatic rings. The first-order valence-corrected chi connectivity index (χ1v) is 11.4. The molecule has 0 fully saturated rings. The van der Waals surface area contributed by atoms with E-state index in [0.717, 1.165) is 11.8 Å². The molecule has 3 N–H and O–H groups in total. The van der Waals surface area contributed by atoms with Gasteiger partial charge >= 0.3 is 7.82 Å². The normalized spacial score (nSPS) is 12.3. The first-order chi connectivity index (χ1) is 14.6. The third-order valence-corrected chi connectivity index (χ3v) is 5.80. The zero-order valence-electron chi connectivity index (χ0n) is 16.8. The van der Waals surface area contributed by atoms with Gasteiger partial charge in [-0.25, -0.2) is 9.55 Å². The molecule has 0 aliphatic heterocycles. The SMILES string of the molecule is CC(=C(CCOP(=O)(O)O)SC(=O)c1ccccc1)N(C=O)Cc1cnc(C)[nH]c1=O. The highest BCUT2D eigenvalue weighted by Gasteiger charge is 2.20. The molecule has 0 bridgehead atoms. The third kappa shape index (κ3) is 7.89. The number of hydrogen-bond donors (Lipinski definition) is 3. The molecule has 1 heterocycles. The Morgan fingerprint density at radius 3 is 2.58 bits per heavy atom. The van der Waals surface area contributed by atoms with E-state index in [1.54, 1.807) is 44.2 Å². The number of phosphoric acid groups is 1. The van der Waals surface area contributed by atoms with Crippen LogP contribution in [-0.4, -0.2) is 42.8 Å². The van der Waals surface area contributed by atoms with E-state index in [0.29, 0.717) is 28.4 Å². The number of rotatable bonds is 10. The monoisotopic (exact) mass is 467 g/mol. The van der Waals surface area contributed by atoms with Gasteiger partial charge in [0, 0.05) is 28.8 Å². The average Bonchev–Trinajstić information content (AvgIpc) is 2.71. The van der Waals surface area contributed by atoms with Gasteiger partial charge in [-0.15, -0.1) is 0 Å². The molecule has 1 aromatic carbocycles. The Bertz CT molecular complexity index is 1070. The number of amides is 1. The van der Waals surface area contributed by atoms with Crippen molar-refractivity contribution in [1.29, 1.82) is 0 Å². The average molecular weight is 467 g/mol. The maximum atomic E-state index is 12.6. The van der Waals surface area contributed by atoms with Crippen LogP contribution < -0.4 is 5.56 Å². The lowest BCUT2D eigenvalue weighted by Gasteiger charge is -2.21. The first kappa shape index (κ1) is 24.7. The van der Waals surface area contributed by atoms with Crippen molar-refractivity contribution in [3.8, 4) is 0 Å². The van der Waals surface area contributed by atoms with Crippen molar-refractivity contribution in [2.45, 2.75) is 26.8 Å². The Morgan fingerprint density at radius 2 is 2.00 bits per heavy atom. The van der Waals surface area contributed by atoms with Crippen molar-refractivity contribution in [1.82, 2.24) is 14.9 Å². The number of aromatic amines is 1. The Hall–Kier alpha value is -2.56. The van der Waals surface area contributed by atoms with E-state index in [1.807, 2.05) is 0 Å². The van der Waals surface area contributed by atoms with Gasteiger partial charge < -0.3 is 19.7 Å². The maximum absolute atomic E-state index is 12.6. The number of H-pyrrole nitrogens is 1. The van der Waals surface area contributed by atoms with E-state index < -0.39 is 13.4 Å². The summed E-state index contributed by atoms with van der Waals surface area (Å²) < 4.78 is 15.5. The molecule has 0 radical (unpaired) electrons. The fourth-order valence-electron chi connectivity index (χ4n) is 2.51. The largest absolute Gasteiger partial charge is 0.469 e. The number of carbonyl (C=O) groups excluding carboxylic acids is 2. The van der Waals surface area contributed by atoms with Crippen LogP contribution in [0.1, 0.15) is 35.1 Å². The molecule has 0 atom stereocenters. The van der Waals surface area contributed by atoms with Gasteiger partial charge in [-0.05, 0) is 25.6 Å². The zero-order chi connectivity index (χ0) is 23.0. The number of hydrogen-bond acceptors (Lipinski definition) is 7. The van der Waals surface area contributed by atoms with Crippen LogP contribution in [0, 0.1) is 6.92 Å². The lowest BCUT2D eigenvalue weighted by atomic mass is 10.2. The molecule has 1 aromatic heterocycles. The Morgan fingerprint density at radius 1 is 1.32 bits per heavy atom. The standard InChI is InChI=1S/C19H22N3O7PS/c1-13(22(12-23)11-16-10-20-14(2)21-18(16)24)17(8-9-29-30(26,27)28)31-19(25)15-6-4-3-5-7-15/h3-7,10,12H,8-9,11H2,1-2H3,(H,20,21,24)(H2,26,27,28). The second kappa shape index (κ2) is 11.2. The highest BCUT2D eigenvalue weighted by atomic mass is 32.2. The summed E-state index contributed by atoms with van der Waals surface area (Å²) in [6, 6.07) is 8.43. The van der Waals surface area contributed by atoms with Crippen molar-refractivity contribution in [3.63, 3.8) is 0 Å². The first-order valence-electron chi connectivity index (χ1n) is 9.04. The maximum Gasteiger partial charge on any atom is 0.469 e. The van der Waals surface area contributed by atoms with Gasteiger partial charge in [0.2, 0.25) is 11.5 Å². The van der Waals surface area contributed by atoms with Gasteiger partial charge in [0.1, 0.15) is 5.82 Å². The number of aromatic nitrogens is 2. The zero-order valence-corrected chi connectivity index (χ0v) is 18.6. The topological polar surface area (TPSA) is 150 Å². The predicted octanol–water partition coefficient (Wildman–Crippen LogP) is 2.34. The predicted molar refractivity (Wildman–Crippen MR) is 115 cm³/mol. The molecule has 0 aliphatic rings. The second-order valence-corrected chi connectivity index (χ2v) is 8.70. The number of aryl methyl sites for hydroxylation is 1. The lowest BCUT2D eigenvalue weighted by Crippen LogP contribution is -2.26. The Balaban J connectivity index is 2.31. The van der Waals surface area contributed by atoms with Gasteiger partial charge in [-0.2, -0.15) is 0 Å². The van der Waals surface area contributed by atoms with Crippen molar-refractivity contribution in [2.24, 2.45) is 0 Å². The number of nitrogens with zero attached hydrogens (tertiary/aromatic N) is 2. The smallest absolute Gasteiger partial charge is 0.314 e. The fourth-order valence-corrected chi connectivity index (χ4v) is 3.77. The van der Waals surface area contributed by atoms with Crippen LogP contribution in [0.4, 0.5) is 0 Å². The summed E-state index contributed by atoms with van der Waals surface area (Å²) in [5.74, 6) is 0.429. The van der Waals surface area contributed by atoms with Crippen LogP contribution in [0.2, 0.25) is 0 Å². The van der Waals surface area contributed by atoms with E-state index in [9.17, 15) is 18.9 Å². The van der Waals surface area contributed by atoms with E-state index in [4.69, 9.17) is 9.79 Å². The molecular formula is C19H22N3O7PS. The number of phosphoric ester groups is 1. The summed E-state index contributed by atoms with van der Waals surface area (Å²) in [5, 5.41) is -0.313. The van der Waals surface area contributed by atoms with Crippen LogP contribution in [0.3, 0.4) is 0 Å². The third-order valence-electron chi connectivity index (χ3n) is 4.12. The lowest BCUT2D eigenvalue weighted by molar-refractivity contribution is -0.117. The van der Waals surface area contributed by atoms with Crippen molar-refractivity contribution in [2.75, 3.05) is 6.61 Å². The van der Waals surface area contributed by atoms with E-state index >= 15 is 0 Å². The van der Waals surface area contributed by atoms with Crippen molar-refractivity contribution < 1.29 is 28.5 Å². The summed E-state index contributed by atoms with van der Waals surface area (Å²) in [6.45, 7) is 2.73. The molecule has 0 saturated heterocycles. The highest BCUT2D eigenvalue weighted by molar-refractivity contribution is 8.17. The molecular weight excluding hydrogens is 445 g/mol. The molecule has 12 heteroatoms. The minimum atomic E-state index is -4.69.